The van der Waals surface area contributed by atoms with Gasteiger partial charge in [-0.05, 0) is 19.1 Å². The molecule has 0 saturated heterocycles. The topological polar surface area (TPSA) is 121 Å². The Kier molecular flexibility index (Phi) is 6.79. The highest BCUT2D eigenvalue weighted by molar-refractivity contribution is 7.79. The molecule has 0 atom stereocenters. The molecule has 0 saturated carbocycles. The lowest BCUT2D eigenvalue weighted by molar-refractivity contribution is -0.124. The molecule has 0 unspecified atom stereocenters. The third-order valence-electron chi connectivity index (χ3n) is 1.47. The summed E-state index contributed by atoms with van der Waals surface area (Å²) in [5.74, 6) is -0.396. The van der Waals surface area contributed by atoms with E-state index in [1.165, 1.54) is 6.92 Å². The second-order valence-corrected chi connectivity index (χ2v) is 4.14. The summed E-state index contributed by atoms with van der Waals surface area (Å²) in [4.78, 5) is 21.7. The maximum Gasteiger partial charge on any atom is 0.394 e. The zero-order valence-electron chi connectivity index (χ0n) is 9.53. The Bertz CT molecular complexity index is 488. The predicted molar refractivity (Wildman–Crippen MR) is 64.5 cm³/mol. The molecule has 100 valence electrons. The van der Waals surface area contributed by atoms with Gasteiger partial charge >= 0.3 is 10.4 Å². The Balaban J connectivity index is 0.000000494. The molecule has 0 fully saturated rings. The molecule has 0 aromatic heterocycles. The monoisotopic (exact) mass is 275 g/mol. The lowest BCUT2D eigenvalue weighted by Gasteiger charge is -2.01. The molecular weight excluding hydrogens is 262 g/mol. The van der Waals surface area contributed by atoms with Crippen LogP contribution in [0, 0.1) is 0 Å². The van der Waals surface area contributed by atoms with E-state index < -0.39 is 10.4 Å². The van der Waals surface area contributed by atoms with Crippen LogP contribution in [0.5, 0.6) is 0 Å². The molecule has 0 bridgehead atoms. The van der Waals surface area contributed by atoms with Crippen LogP contribution >= 0.6 is 0 Å². The molecular formula is C10H13NO6S. The summed E-state index contributed by atoms with van der Waals surface area (Å²) in [5.41, 5.74) is 0.716. The van der Waals surface area contributed by atoms with Gasteiger partial charge in [0.15, 0.2) is 0 Å². The number of anilines is 1. The number of Topliss-reactive ketones (excluding diaryl/α,β-unsaturated/α-hetero) is 1. The van der Waals surface area contributed by atoms with Crippen LogP contribution in [-0.2, 0) is 20.0 Å². The minimum atomic E-state index is -4.67. The summed E-state index contributed by atoms with van der Waals surface area (Å²) in [6.07, 6.45) is -0.0606. The molecule has 0 aliphatic carbocycles. The number of hydrogen-bond acceptors (Lipinski definition) is 4. The van der Waals surface area contributed by atoms with Crippen LogP contribution in [0.3, 0.4) is 0 Å². The lowest BCUT2D eigenvalue weighted by Crippen LogP contribution is -2.14. The minimum absolute atomic E-state index is 0.0606. The molecule has 1 rings (SSSR count). The second-order valence-electron chi connectivity index (χ2n) is 3.24. The minimum Gasteiger partial charge on any atom is -0.326 e. The van der Waals surface area contributed by atoms with Gasteiger partial charge in [-0.2, -0.15) is 8.42 Å². The summed E-state index contributed by atoms with van der Waals surface area (Å²) >= 11 is 0. The SMILES string of the molecule is CC(=O)CC(=O)Nc1ccccc1.O=S(=O)(O)O. The molecule has 1 amide bonds. The summed E-state index contributed by atoms with van der Waals surface area (Å²) in [6, 6.07) is 9.06. The van der Waals surface area contributed by atoms with Crippen LogP contribution in [-0.4, -0.2) is 29.2 Å². The molecule has 18 heavy (non-hydrogen) atoms. The summed E-state index contributed by atoms with van der Waals surface area (Å²) in [6.45, 7) is 1.39. The maximum atomic E-state index is 11.1. The number of carbonyl (C=O) groups is 2. The highest BCUT2D eigenvalue weighted by Gasteiger charge is 2.04. The fraction of sp³-hybridized carbons (Fsp3) is 0.200. The van der Waals surface area contributed by atoms with Crippen LogP contribution in [0.15, 0.2) is 30.3 Å². The fourth-order valence-electron chi connectivity index (χ4n) is 0.953. The third kappa shape index (κ3) is 12.3. The predicted octanol–water partition coefficient (Wildman–Crippen LogP) is 0.951. The molecule has 3 N–H and O–H groups in total. The smallest absolute Gasteiger partial charge is 0.326 e. The van der Waals surface area contributed by atoms with E-state index in [0.29, 0.717) is 5.69 Å². The van der Waals surface area contributed by atoms with Crippen molar-refractivity contribution in [2.45, 2.75) is 13.3 Å². The van der Waals surface area contributed by atoms with Gasteiger partial charge in [0, 0.05) is 5.69 Å². The Labute approximate surface area is 104 Å². The standard InChI is InChI=1S/C10H11NO2.H2O4S/c1-8(12)7-10(13)11-9-5-3-2-4-6-9;1-5(2,3)4/h2-6H,7H2,1H3,(H,11,13);(H2,1,2,3,4). The lowest BCUT2D eigenvalue weighted by atomic mass is 10.2. The number of nitrogens with one attached hydrogen (secondary N) is 1. The van der Waals surface area contributed by atoms with E-state index in [2.05, 4.69) is 5.32 Å². The summed E-state index contributed by atoms with van der Waals surface area (Å²) in [5, 5.41) is 2.61. The Morgan fingerprint density at radius 2 is 1.61 bits per heavy atom. The van der Waals surface area contributed by atoms with Crippen molar-refractivity contribution in [3.63, 3.8) is 0 Å². The van der Waals surface area contributed by atoms with Crippen molar-refractivity contribution in [1.82, 2.24) is 0 Å². The number of ketones is 1. The fourth-order valence-corrected chi connectivity index (χ4v) is 0.953. The Hall–Kier alpha value is -1.77. The van der Waals surface area contributed by atoms with Crippen LogP contribution in [0.25, 0.3) is 0 Å². The molecule has 0 spiro atoms. The summed E-state index contributed by atoms with van der Waals surface area (Å²) < 4.78 is 31.6. The first kappa shape index (κ1) is 16.2. The van der Waals surface area contributed by atoms with E-state index in [1.807, 2.05) is 18.2 Å². The van der Waals surface area contributed by atoms with Gasteiger partial charge in [0.25, 0.3) is 0 Å². The van der Waals surface area contributed by atoms with Crippen molar-refractivity contribution < 1.29 is 27.1 Å². The third-order valence-corrected chi connectivity index (χ3v) is 1.47. The molecule has 1 aromatic carbocycles. The van der Waals surface area contributed by atoms with E-state index in [4.69, 9.17) is 17.5 Å². The van der Waals surface area contributed by atoms with Crippen molar-refractivity contribution in [3.8, 4) is 0 Å². The van der Waals surface area contributed by atoms with Crippen LogP contribution in [0.1, 0.15) is 13.3 Å². The van der Waals surface area contributed by atoms with Gasteiger partial charge in [-0.25, -0.2) is 0 Å². The molecule has 0 aliphatic rings. The maximum absolute atomic E-state index is 11.1. The van der Waals surface area contributed by atoms with E-state index >= 15 is 0 Å². The Morgan fingerprint density at radius 3 is 2.00 bits per heavy atom. The highest BCUT2D eigenvalue weighted by atomic mass is 32.3. The van der Waals surface area contributed by atoms with Crippen molar-refractivity contribution in [2.75, 3.05) is 5.32 Å². The Morgan fingerprint density at radius 1 is 1.17 bits per heavy atom. The van der Waals surface area contributed by atoms with Crippen LogP contribution in [0.2, 0.25) is 0 Å². The van der Waals surface area contributed by atoms with Crippen molar-refractivity contribution >= 4 is 27.8 Å². The van der Waals surface area contributed by atoms with Gasteiger partial charge in [0.05, 0.1) is 6.42 Å². The normalized spacial score (nSPS) is 9.94. The van der Waals surface area contributed by atoms with Crippen molar-refractivity contribution in [3.05, 3.63) is 30.3 Å². The molecule has 0 heterocycles. The second kappa shape index (κ2) is 7.54. The molecule has 7 nitrogen and oxygen atoms in total. The zero-order chi connectivity index (χ0) is 14.2. The molecule has 8 heteroatoms. The number of hydrogen-bond donors (Lipinski definition) is 3. The van der Waals surface area contributed by atoms with E-state index in [1.54, 1.807) is 12.1 Å². The zero-order valence-corrected chi connectivity index (χ0v) is 10.3. The van der Waals surface area contributed by atoms with Gasteiger partial charge < -0.3 is 5.32 Å². The van der Waals surface area contributed by atoms with Crippen molar-refractivity contribution in [2.24, 2.45) is 0 Å². The van der Waals surface area contributed by atoms with E-state index in [-0.39, 0.29) is 18.1 Å². The highest BCUT2D eigenvalue weighted by Crippen LogP contribution is 2.05. The van der Waals surface area contributed by atoms with Gasteiger partial charge in [0.1, 0.15) is 5.78 Å². The van der Waals surface area contributed by atoms with Gasteiger partial charge in [0.2, 0.25) is 5.91 Å². The van der Waals surface area contributed by atoms with Gasteiger partial charge in [-0.15, -0.1) is 0 Å². The van der Waals surface area contributed by atoms with E-state index in [9.17, 15) is 9.59 Å². The first-order valence-corrected chi connectivity index (χ1v) is 6.12. The largest absolute Gasteiger partial charge is 0.394 e. The van der Waals surface area contributed by atoms with E-state index in [0.717, 1.165) is 0 Å². The van der Waals surface area contributed by atoms with Gasteiger partial charge in [-0.3, -0.25) is 18.7 Å². The molecule has 1 aromatic rings. The molecule has 0 aliphatic heterocycles. The average molecular weight is 275 g/mol. The number of para-hydroxylation sites is 1. The van der Waals surface area contributed by atoms with Crippen LogP contribution < -0.4 is 5.32 Å². The quantitative estimate of drug-likeness (QED) is 0.558. The first-order valence-electron chi connectivity index (χ1n) is 4.72. The molecule has 0 radical (unpaired) electrons. The summed E-state index contributed by atoms with van der Waals surface area (Å²) in [7, 11) is -4.67. The average Bonchev–Trinajstić information content (AvgIpc) is 2.14. The van der Waals surface area contributed by atoms with Crippen molar-refractivity contribution in [1.29, 1.82) is 0 Å². The number of benzene rings is 1. The first-order chi connectivity index (χ1) is 8.18. The van der Waals surface area contributed by atoms with Gasteiger partial charge in [-0.1, -0.05) is 18.2 Å². The van der Waals surface area contributed by atoms with Crippen LogP contribution in [0.4, 0.5) is 5.69 Å². The number of carbonyl (C=O) groups excluding carboxylic acids is 2. The number of amides is 1. The number of rotatable bonds is 3.